The van der Waals surface area contributed by atoms with Crippen LogP contribution < -0.4 is 11.1 Å². The molecule has 1 heterocycles. The van der Waals surface area contributed by atoms with Gasteiger partial charge in [0.15, 0.2) is 0 Å². The molecular formula is C12H17N3S2. The number of thiazole rings is 1. The van der Waals surface area contributed by atoms with E-state index in [0.717, 1.165) is 28.1 Å². The van der Waals surface area contributed by atoms with Crippen LogP contribution in [0, 0.1) is 0 Å². The zero-order chi connectivity index (χ0) is 12.5. The Morgan fingerprint density at radius 2 is 2.24 bits per heavy atom. The number of hydrogen-bond acceptors (Lipinski definition) is 5. The Morgan fingerprint density at radius 1 is 1.47 bits per heavy atom. The first-order valence-electron chi connectivity index (χ1n) is 5.44. The molecule has 0 spiro atoms. The number of anilines is 2. The number of fused-ring (bicyclic) bond motifs is 1. The predicted molar refractivity (Wildman–Crippen MR) is 80.1 cm³/mol. The number of hydrogen-bond donors (Lipinski definition) is 2. The van der Waals surface area contributed by atoms with E-state index >= 15 is 0 Å². The second-order valence-electron chi connectivity index (χ2n) is 4.54. The number of nitrogens with one attached hydrogen (secondary N) is 1. The van der Waals surface area contributed by atoms with Crippen molar-refractivity contribution in [2.75, 3.05) is 23.9 Å². The maximum absolute atomic E-state index is 6.11. The number of thioether (sulfide) groups is 1. The molecular weight excluding hydrogens is 250 g/mol. The third-order valence-corrected chi connectivity index (χ3v) is 4.84. The first-order valence-corrected chi connectivity index (χ1v) is 7.54. The van der Waals surface area contributed by atoms with E-state index in [1.165, 1.54) is 0 Å². The summed E-state index contributed by atoms with van der Waals surface area (Å²) < 4.78 is 1.33. The normalized spacial score (nSPS) is 11.9. The third kappa shape index (κ3) is 2.66. The molecule has 0 atom stereocenters. The number of nitrogens with zero attached hydrogens (tertiary/aromatic N) is 1. The lowest BCUT2D eigenvalue weighted by Crippen LogP contribution is -2.26. The Balaban J connectivity index is 2.21. The van der Waals surface area contributed by atoms with Crippen LogP contribution in [0.1, 0.15) is 13.8 Å². The van der Waals surface area contributed by atoms with Gasteiger partial charge in [0.2, 0.25) is 0 Å². The average Bonchev–Trinajstić information content (AvgIpc) is 2.77. The van der Waals surface area contributed by atoms with Crippen LogP contribution in [0.3, 0.4) is 0 Å². The Labute approximate surface area is 110 Å². The molecule has 3 nitrogen and oxygen atoms in total. The van der Waals surface area contributed by atoms with Gasteiger partial charge in [-0.2, -0.15) is 11.8 Å². The number of nitrogens with two attached hydrogens (primary N) is 1. The van der Waals surface area contributed by atoms with E-state index in [9.17, 15) is 0 Å². The van der Waals surface area contributed by atoms with E-state index < -0.39 is 0 Å². The van der Waals surface area contributed by atoms with Crippen molar-refractivity contribution in [3.8, 4) is 0 Å². The fourth-order valence-corrected chi connectivity index (χ4v) is 2.40. The van der Waals surface area contributed by atoms with E-state index in [1.54, 1.807) is 11.3 Å². The summed E-state index contributed by atoms with van der Waals surface area (Å²) in [5.74, 6) is 0. The summed E-state index contributed by atoms with van der Waals surface area (Å²) in [6.45, 7) is 5.30. The average molecular weight is 267 g/mol. The number of benzene rings is 1. The highest BCUT2D eigenvalue weighted by molar-refractivity contribution is 7.99. The van der Waals surface area contributed by atoms with Crippen LogP contribution >= 0.6 is 23.1 Å². The Kier molecular flexibility index (Phi) is 3.49. The molecule has 5 heteroatoms. The molecule has 0 saturated carbocycles. The van der Waals surface area contributed by atoms with E-state index in [1.807, 2.05) is 23.3 Å². The van der Waals surface area contributed by atoms with Crippen LogP contribution in [0.5, 0.6) is 0 Å². The van der Waals surface area contributed by atoms with Gasteiger partial charge in [0, 0.05) is 11.3 Å². The molecule has 2 aromatic rings. The molecule has 0 aliphatic rings. The largest absolute Gasteiger partial charge is 0.395 e. The lowest BCUT2D eigenvalue weighted by molar-refractivity contribution is 0.753. The summed E-state index contributed by atoms with van der Waals surface area (Å²) in [6.07, 6.45) is 2.12. The lowest BCUT2D eigenvalue weighted by atomic mass is 10.2. The van der Waals surface area contributed by atoms with Crippen LogP contribution in [-0.4, -0.2) is 22.5 Å². The van der Waals surface area contributed by atoms with Crippen LogP contribution in [0.25, 0.3) is 10.2 Å². The summed E-state index contributed by atoms with van der Waals surface area (Å²) in [4.78, 5) is 4.29. The molecule has 0 saturated heterocycles. The lowest BCUT2D eigenvalue weighted by Gasteiger charge is -2.23. The zero-order valence-corrected chi connectivity index (χ0v) is 11.9. The van der Waals surface area contributed by atoms with Crippen molar-refractivity contribution in [1.29, 1.82) is 0 Å². The van der Waals surface area contributed by atoms with Gasteiger partial charge >= 0.3 is 0 Å². The van der Waals surface area contributed by atoms with Crippen molar-refractivity contribution in [2.45, 2.75) is 18.6 Å². The van der Waals surface area contributed by atoms with Crippen LogP contribution in [0.15, 0.2) is 17.6 Å². The first kappa shape index (κ1) is 12.5. The summed E-state index contributed by atoms with van der Waals surface area (Å²) in [7, 11) is 0. The molecule has 0 unspecified atom stereocenters. The summed E-state index contributed by atoms with van der Waals surface area (Å²) in [5.41, 5.74) is 10.6. The maximum atomic E-state index is 6.11. The zero-order valence-electron chi connectivity index (χ0n) is 10.3. The van der Waals surface area contributed by atoms with Gasteiger partial charge in [-0.25, -0.2) is 4.98 Å². The quantitative estimate of drug-likeness (QED) is 0.833. The molecule has 0 fully saturated rings. The topological polar surface area (TPSA) is 50.9 Å². The van der Waals surface area contributed by atoms with Crippen LogP contribution in [-0.2, 0) is 0 Å². The highest BCUT2D eigenvalue weighted by Crippen LogP contribution is 2.31. The van der Waals surface area contributed by atoms with E-state index in [2.05, 4.69) is 36.5 Å². The van der Waals surface area contributed by atoms with Crippen LogP contribution in [0.4, 0.5) is 11.4 Å². The van der Waals surface area contributed by atoms with Crippen molar-refractivity contribution < 1.29 is 0 Å². The first-order chi connectivity index (χ1) is 8.03. The highest BCUT2D eigenvalue weighted by atomic mass is 32.2. The van der Waals surface area contributed by atoms with Crippen molar-refractivity contribution in [3.05, 3.63) is 17.6 Å². The third-order valence-electron chi connectivity index (χ3n) is 2.80. The molecule has 17 heavy (non-hydrogen) atoms. The van der Waals surface area contributed by atoms with Crippen molar-refractivity contribution in [2.24, 2.45) is 0 Å². The molecule has 3 N–H and O–H groups in total. The summed E-state index contributed by atoms with van der Waals surface area (Å²) >= 11 is 3.46. The Bertz CT molecular complexity index is 519. The SMILES string of the molecule is CSC(C)(C)CNc1ccc2scnc2c1N. The van der Waals surface area contributed by atoms with Crippen molar-refractivity contribution in [1.82, 2.24) is 4.98 Å². The fourth-order valence-electron chi connectivity index (χ4n) is 1.49. The highest BCUT2D eigenvalue weighted by Gasteiger charge is 2.16. The molecule has 0 radical (unpaired) electrons. The van der Waals surface area contributed by atoms with Gasteiger partial charge in [-0.3, -0.25) is 0 Å². The predicted octanol–water partition coefficient (Wildman–Crippen LogP) is 3.43. The monoisotopic (exact) mass is 267 g/mol. The smallest absolute Gasteiger partial charge is 0.106 e. The number of aromatic nitrogens is 1. The fraction of sp³-hybridized carbons (Fsp3) is 0.417. The Morgan fingerprint density at radius 3 is 2.94 bits per heavy atom. The van der Waals surface area contributed by atoms with Gasteiger partial charge in [0.25, 0.3) is 0 Å². The minimum absolute atomic E-state index is 0.198. The van der Waals surface area contributed by atoms with Crippen molar-refractivity contribution in [3.63, 3.8) is 0 Å². The van der Waals surface area contributed by atoms with E-state index in [0.29, 0.717) is 0 Å². The minimum atomic E-state index is 0.198. The maximum Gasteiger partial charge on any atom is 0.106 e. The van der Waals surface area contributed by atoms with Gasteiger partial charge < -0.3 is 11.1 Å². The second-order valence-corrected chi connectivity index (χ2v) is 6.94. The summed E-state index contributed by atoms with van der Waals surface area (Å²) in [5, 5.41) is 3.40. The summed E-state index contributed by atoms with van der Waals surface area (Å²) in [6, 6.07) is 4.10. The minimum Gasteiger partial charge on any atom is -0.395 e. The molecule has 0 bridgehead atoms. The number of nitrogen functional groups attached to an aromatic ring is 1. The molecule has 1 aromatic heterocycles. The second kappa shape index (κ2) is 4.74. The molecule has 0 aliphatic carbocycles. The van der Waals surface area contributed by atoms with Gasteiger partial charge in [-0.1, -0.05) is 0 Å². The molecule has 2 rings (SSSR count). The van der Waals surface area contributed by atoms with Crippen molar-refractivity contribution >= 4 is 44.7 Å². The van der Waals surface area contributed by atoms with Gasteiger partial charge in [-0.15, -0.1) is 11.3 Å². The van der Waals surface area contributed by atoms with E-state index in [-0.39, 0.29) is 4.75 Å². The van der Waals surface area contributed by atoms with Crippen LogP contribution in [0.2, 0.25) is 0 Å². The van der Waals surface area contributed by atoms with E-state index in [4.69, 9.17) is 5.73 Å². The molecule has 0 aliphatic heterocycles. The van der Waals surface area contributed by atoms with Gasteiger partial charge in [0.05, 0.1) is 21.6 Å². The molecule has 92 valence electrons. The van der Waals surface area contributed by atoms with Gasteiger partial charge in [-0.05, 0) is 32.2 Å². The Hall–Kier alpha value is -0.940. The standard InChI is InChI=1S/C12H17N3S2/c1-12(2,16-3)6-14-8-4-5-9-11(10(8)13)15-7-17-9/h4-5,7,14H,6,13H2,1-3H3. The molecule has 1 aromatic carbocycles. The van der Waals surface area contributed by atoms with Gasteiger partial charge in [0.1, 0.15) is 5.52 Å². The number of rotatable bonds is 4. The molecule has 0 amide bonds.